The zero-order chi connectivity index (χ0) is 20.0. The van der Waals surface area contributed by atoms with Crippen molar-refractivity contribution in [2.24, 2.45) is 4.99 Å². The minimum absolute atomic E-state index is 0.244. The van der Waals surface area contributed by atoms with Crippen molar-refractivity contribution in [1.82, 2.24) is 15.5 Å². The Kier molecular flexibility index (Phi) is 6.57. The van der Waals surface area contributed by atoms with Crippen LogP contribution in [0.3, 0.4) is 0 Å². The number of aliphatic imine (C=N–C) groups is 1. The van der Waals surface area contributed by atoms with Crippen molar-refractivity contribution in [2.75, 3.05) is 41.3 Å². The average molecular weight is 381 g/mol. The van der Waals surface area contributed by atoms with Crippen LogP contribution in [0.2, 0.25) is 0 Å². The molecule has 150 valence electrons. The molecule has 3 rings (SSSR count). The lowest BCUT2D eigenvalue weighted by molar-refractivity contribution is 0.298. The van der Waals surface area contributed by atoms with Gasteiger partial charge in [-0.25, -0.2) is 0 Å². The molecule has 5 heteroatoms. The van der Waals surface area contributed by atoms with Gasteiger partial charge in [0.25, 0.3) is 0 Å². The molecule has 0 amide bonds. The highest BCUT2D eigenvalue weighted by molar-refractivity contribution is 5.79. The van der Waals surface area contributed by atoms with Crippen LogP contribution in [0.15, 0.2) is 59.6 Å². The summed E-state index contributed by atoms with van der Waals surface area (Å²) in [6.45, 7) is 1.68. The highest BCUT2D eigenvalue weighted by Gasteiger charge is 2.44. The lowest BCUT2D eigenvalue weighted by Crippen LogP contribution is -2.44. The normalized spacial score (nSPS) is 16.5. The van der Waals surface area contributed by atoms with Gasteiger partial charge in [-0.1, -0.05) is 42.5 Å². The van der Waals surface area contributed by atoms with Crippen LogP contribution in [0.1, 0.15) is 30.0 Å². The van der Waals surface area contributed by atoms with Crippen LogP contribution < -0.4 is 15.4 Å². The molecule has 0 radical (unpaired) electrons. The maximum absolute atomic E-state index is 5.27. The topological polar surface area (TPSA) is 48.9 Å². The highest BCUT2D eigenvalue weighted by Crippen LogP contribution is 2.47. The lowest BCUT2D eigenvalue weighted by Gasteiger charge is -2.26. The lowest BCUT2D eigenvalue weighted by atomic mass is 9.96. The Morgan fingerprint density at radius 2 is 1.75 bits per heavy atom. The second-order valence-electron chi connectivity index (χ2n) is 7.71. The number of likely N-dealkylation sites (N-methyl/N-ethyl adjacent to an activating group) is 1. The molecule has 1 saturated carbocycles. The van der Waals surface area contributed by atoms with Gasteiger partial charge in [0.05, 0.1) is 13.2 Å². The molecule has 0 aromatic heterocycles. The number of hydrogen-bond acceptors (Lipinski definition) is 3. The first kappa shape index (κ1) is 20.2. The van der Waals surface area contributed by atoms with E-state index in [1.165, 1.54) is 24.0 Å². The Morgan fingerprint density at radius 1 is 1.07 bits per heavy atom. The van der Waals surface area contributed by atoms with Gasteiger partial charge in [-0.2, -0.15) is 0 Å². The fourth-order valence-corrected chi connectivity index (χ4v) is 3.60. The molecule has 2 aromatic rings. The molecule has 1 fully saturated rings. The van der Waals surface area contributed by atoms with Gasteiger partial charge in [0.15, 0.2) is 5.96 Å². The molecular weight excluding hydrogens is 348 g/mol. The second-order valence-corrected chi connectivity index (χ2v) is 7.71. The summed E-state index contributed by atoms with van der Waals surface area (Å²) in [4.78, 5) is 6.64. The van der Waals surface area contributed by atoms with E-state index in [1.807, 2.05) is 19.2 Å². The highest BCUT2D eigenvalue weighted by atomic mass is 16.5. The van der Waals surface area contributed by atoms with Crippen LogP contribution in [0, 0.1) is 0 Å². The third-order valence-corrected chi connectivity index (χ3v) is 5.64. The summed E-state index contributed by atoms with van der Waals surface area (Å²) in [5.74, 6) is 1.73. The summed E-state index contributed by atoms with van der Waals surface area (Å²) in [6.07, 6.45) is 2.46. The van der Waals surface area contributed by atoms with E-state index in [9.17, 15) is 0 Å². The van der Waals surface area contributed by atoms with Crippen molar-refractivity contribution in [2.45, 2.75) is 24.3 Å². The van der Waals surface area contributed by atoms with Gasteiger partial charge in [-0.3, -0.25) is 4.99 Å². The predicted octanol–water partition coefficient (Wildman–Crippen LogP) is 3.19. The fourth-order valence-electron chi connectivity index (χ4n) is 3.60. The van der Waals surface area contributed by atoms with Gasteiger partial charge in [0, 0.05) is 25.6 Å². The Morgan fingerprint density at radius 3 is 2.29 bits per heavy atom. The van der Waals surface area contributed by atoms with Crippen molar-refractivity contribution in [3.05, 3.63) is 65.7 Å². The van der Waals surface area contributed by atoms with E-state index in [2.05, 4.69) is 77.1 Å². The number of benzene rings is 2. The molecule has 2 aromatic carbocycles. The number of nitrogens with one attached hydrogen (secondary N) is 2. The molecule has 1 aliphatic carbocycles. The third kappa shape index (κ3) is 4.84. The van der Waals surface area contributed by atoms with Crippen molar-refractivity contribution >= 4 is 5.96 Å². The zero-order valence-corrected chi connectivity index (χ0v) is 17.4. The first-order valence-corrected chi connectivity index (χ1v) is 9.88. The standard InChI is InChI=1S/C23H32N4O/c1-24-22(26-17-23(14-15-23)19-8-6-5-7-9-19)25-16-21(27(2)3)18-10-12-20(28-4)13-11-18/h5-13,21H,14-17H2,1-4H3,(H2,24,25,26). The van der Waals surface area contributed by atoms with E-state index in [-0.39, 0.29) is 11.5 Å². The van der Waals surface area contributed by atoms with Crippen LogP contribution >= 0.6 is 0 Å². The quantitative estimate of drug-likeness (QED) is 0.545. The van der Waals surface area contributed by atoms with Gasteiger partial charge in [-0.05, 0) is 50.2 Å². The average Bonchev–Trinajstić information content (AvgIpc) is 3.52. The molecule has 0 spiro atoms. The van der Waals surface area contributed by atoms with Crippen LogP contribution in [0.5, 0.6) is 5.75 Å². The molecule has 1 unspecified atom stereocenters. The van der Waals surface area contributed by atoms with Gasteiger partial charge in [0.1, 0.15) is 5.75 Å². The van der Waals surface area contributed by atoms with Crippen molar-refractivity contribution < 1.29 is 4.74 Å². The van der Waals surface area contributed by atoms with Crippen LogP contribution in [-0.4, -0.2) is 52.2 Å². The Balaban J connectivity index is 1.57. The van der Waals surface area contributed by atoms with E-state index in [4.69, 9.17) is 4.74 Å². The minimum Gasteiger partial charge on any atom is -0.497 e. The Bertz CT molecular complexity index is 767. The summed E-state index contributed by atoms with van der Waals surface area (Å²) in [6, 6.07) is 19.3. The van der Waals surface area contributed by atoms with Gasteiger partial charge >= 0.3 is 0 Å². The zero-order valence-electron chi connectivity index (χ0n) is 17.4. The van der Waals surface area contributed by atoms with Gasteiger partial charge < -0.3 is 20.3 Å². The van der Waals surface area contributed by atoms with E-state index in [1.54, 1.807) is 7.11 Å². The molecule has 0 saturated heterocycles. The summed E-state index contributed by atoms with van der Waals surface area (Å²) in [5, 5.41) is 7.03. The van der Waals surface area contributed by atoms with E-state index in [0.29, 0.717) is 0 Å². The van der Waals surface area contributed by atoms with Crippen LogP contribution in [-0.2, 0) is 5.41 Å². The molecular formula is C23H32N4O. The van der Waals surface area contributed by atoms with Crippen molar-refractivity contribution in [3.8, 4) is 5.75 Å². The third-order valence-electron chi connectivity index (χ3n) is 5.64. The fraction of sp³-hybridized carbons (Fsp3) is 0.435. The van der Waals surface area contributed by atoms with Crippen molar-refractivity contribution in [3.63, 3.8) is 0 Å². The minimum atomic E-state index is 0.244. The number of rotatable bonds is 8. The largest absolute Gasteiger partial charge is 0.497 e. The molecule has 1 aliphatic rings. The summed E-state index contributed by atoms with van der Waals surface area (Å²) < 4.78 is 5.27. The first-order chi connectivity index (χ1) is 13.6. The predicted molar refractivity (Wildman–Crippen MR) is 116 cm³/mol. The van der Waals surface area contributed by atoms with Crippen LogP contribution in [0.4, 0.5) is 0 Å². The maximum Gasteiger partial charge on any atom is 0.191 e. The second kappa shape index (κ2) is 9.11. The molecule has 28 heavy (non-hydrogen) atoms. The number of guanidine groups is 1. The first-order valence-electron chi connectivity index (χ1n) is 9.88. The molecule has 1 atom stereocenters. The molecule has 2 N–H and O–H groups in total. The number of nitrogens with zero attached hydrogens (tertiary/aromatic N) is 2. The van der Waals surface area contributed by atoms with Crippen molar-refractivity contribution in [1.29, 1.82) is 0 Å². The number of methoxy groups -OCH3 is 1. The monoisotopic (exact) mass is 380 g/mol. The maximum atomic E-state index is 5.27. The number of ether oxygens (including phenoxy) is 1. The Labute approximate surface area is 168 Å². The SMILES string of the molecule is CN=C(NCC(c1ccc(OC)cc1)N(C)C)NCC1(c2ccccc2)CC1. The van der Waals surface area contributed by atoms with Gasteiger partial charge in [0.2, 0.25) is 0 Å². The van der Waals surface area contributed by atoms with E-state index in [0.717, 1.165) is 24.8 Å². The Hall–Kier alpha value is -2.53. The van der Waals surface area contributed by atoms with E-state index < -0.39 is 0 Å². The summed E-state index contributed by atoms with van der Waals surface area (Å²) >= 11 is 0. The smallest absolute Gasteiger partial charge is 0.191 e. The number of hydrogen-bond donors (Lipinski definition) is 2. The van der Waals surface area contributed by atoms with Crippen LogP contribution in [0.25, 0.3) is 0 Å². The molecule has 0 heterocycles. The van der Waals surface area contributed by atoms with Gasteiger partial charge in [-0.15, -0.1) is 0 Å². The molecule has 0 aliphatic heterocycles. The molecule has 0 bridgehead atoms. The summed E-state index contributed by atoms with van der Waals surface area (Å²) in [5.41, 5.74) is 2.93. The molecule has 5 nitrogen and oxygen atoms in total. The van der Waals surface area contributed by atoms with E-state index >= 15 is 0 Å². The summed E-state index contributed by atoms with van der Waals surface area (Å²) in [7, 11) is 7.72.